The third-order valence-electron chi connectivity index (χ3n) is 6.13. The summed E-state index contributed by atoms with van der Waals surface area (Å²) in [6, 6.07) is 8.35. The first-order chi connectivity index (χ1) is 19.8. The molecule has 0 aliphatic carbocycles. The molecule has 2 rings (SSSR count). The summed E-state index contributed by atoms with van der Waals surface area (Å²) >= 11 is 0. The number of aryl methyl sites for hydroxylation is 2. The molecule has 0 atom stereocenters. The van der Waals surface area contributed by atoms with Crippen LogP contribution in [0.1, 0.15) is 122 Å². The van der Waals surface area contributed by atoms with E-state index >= 15 is 0 Å². The quantitative estimate of drug-likeness (QED) is 0.271. The summed E-state index contributed by atoms with van der Waals surface area (Å²) in [5.41, 5.74) is 5.73. The summed E-state index contributed by atoms with van der Waals surface area (Å²) in [7, 11) is 0. The molecule has 0 aliphatic rings. The van der Waals surface area contributed by atoms with Crippen LogP contribution < -0.4 is 10.2 Å². The zero-order valence-electron chi connectivity index (χ0n) is 28.2. The number of nitrogens with zero attached hydrogens (tertiary/aromatic N) is 2. The number of benzene rings is 2. The molecular weight excluding hydrogens is 603 g/mol. The van der Waals surface area contributed by atoms with Gasteiger partial charge in [0.2, 0.25) is 0 Å². The maximum absolute atomic E-state index is 10.8. The van der Waals surface area contributed by atoms with Crippen molar-refractivity contribution in [3.05, 3.63) is 57.6 Å². The van der Waals surface area contributed by atoms with Crippen molar-refractivity contribution in [3.63, 3.8) is 0 Å². The Balaban J connectivity index is 0. The van der Waals surface area contributed by atoms with Crippen LogP contribution in [0.2, 0.25) is 0 Å². The average molecular weight is 656 g/mol. The monoisotopic (exact) mass is 655 g/mol. The molecule has 0 aromatic heterocycles. The third-order valence-corrected chi connectivity index (χ3v) is 6.13. The zero-order valence-corrected chi connectivity index (χ0v) is 29.2. The van der Waals surface area contributed by atoms with Crippen molar-refractivity contribution < 1.29 is 46.8 Å². The van der Waals surface area contributed by atoms with Crippen molar-refractivity contribution in [1.82, 2.24) is 0 Å². The van der Waals surface area contributed by atoms with Gasteiger partial charge in [0.05, 0.1) is 0 Å². The second-order valence-electron chi connectivity index (χ2n) is 12.6. The van der Waals surface area contributed by atoms with Crippen LogP contribution in [0.15, 0.2) is 34.3 Å². The number of phenolic OH excluding ortho intramolecular Hbond substituents is 2. The van der Waals surface area contributed by atoms with Crippen LogP contribution in [0, 0.1) is 0 Å². The van der Waals surface area contributed by atoms with Crippen molar-refractivity contribution in [2.45, 2.75) is 112 Å². The van der Waals surface area contributed by atoms with Gasteiger partial charge in [-0.25, -0.2) is 0 Å². The predicted molar refractivity (Wildman–Crippen MR) is 173 cm³/mol. The first-order valence-corrected chi connectivity index (χ1v) is 14.9. The van der Waals surface area contributed by atoms with Crippen molar-refractivity contribution in [2.24, 2.45) is 9.98 Å². The molecule has 8 nitrogen and oxygen atoms in total. The first-order valence-electron chi connectivity index (χ1n) is 14.9. The molecule has 247 valence electrons. The molecule has 0 aliphatic heterocycles. The van der Waals surface area contributed by atoms with Crippen molar-refractivity contribution in [1.29, 1.82) is 0 Å². The Labute approximate surface area is 275 Å². The number of aromatic hydroxyl groups is 2. The van der Waals surface area contributed by atoms with Crippen molar-refractivity contribution >= 4 is 24.4 Å². The SMILES string of the molecule is CC(=O)[O-].CC(=O)[O-].CCCc1cc(C=NCCCN=Cc2cc(CCC)cc(C(C)(C)C)c2O)c(O)c(C(C)(C)C)c1.[Co+2]. The van der Waals surface area contributed by atoms with Crippen molar-refractivity contribution in [3.8, 4) is 11.5 Å². The Hall–Kier alpha value is -3.17. The van der Waals surface area contributed by atoms with Gasteiger partial charge in [-0.1, -0.05) is 80.4 Å². The minimum Gasteiger partial charge on any atom is -0.550 e. The molecule has 0 bridgehead atoms. The molecule has 44 heavy (non-hydrogen) atoms. The van der Waals surface area contributed by atoms with Gasteiger partial charge in [0, 0.05) is 59.7 Å². The topological polar surface area (TPSA) is 145 Å². The third kappa shape index (κ3) is 17.2. The van der Waals surface area contributed by atoms with E-state index in [0.29, 0.717) is 24.6 Å². The summed E-state index contributed by atoms with van der Waals surface area (Å²) in [5, 5.41) is 39.4. The number of carbonyl (C=O) groups excluding carboxylic acids is 2. The number of hydrogen-bond donors (Lipinski definition) is 2. The number of carbonyl (C=O) groups is 2. The molecule has 2 aromatic rings. The average Bonchev–Trinajstić information content (AvgIpc) is 2.84. The van der Waals surface area contributed by atoms with Gasteiger partial charge in [-0.05, 0) is 67.2 Å². The van der Waals surface area contributed by atoms with E-state index in [4.69, 9.17) is 19.8 Å². The van der Waals surface area contributed by atoms with Crippen LogP contribution in [-0.2, 0) is 50.0 Å². The molecule has 2 aromatic carbocycles. The standard InChI is InChI=1S/C31H46N2O2.2C2H4O2.Co/c1-9-12-22-16-24(28(34)26(18-22)30(3,4)5)20-32-14-11-15-33-21-25-17-23(13-10-2)19-27(29(25)35)31(6,7)8;2*1-2(3)4;/h16-21,34-35H,9-15H2,1-8H3;2*1H3,(H,3,4);/q;;;+2/p-2. The van der Waals surface area contributed by atoms with Gasteiger partial charge in [-0.15, -0.1) is 0 Å². The largest absolute Gasteiger partial charge is 2.00 e. The van der Waals surface area contributed by atoms with E-state index in [1.54, 1.807) is 12.4 Å². The summed E-state index contributed by atoms with van der Waals surface area (Å²) < 4.78 is 0. The fraction of sp³-hybridized carbons (Fsp3) is 0.543. The second-order valence-corrected chi connectivity index (χ2v) is 12.6. The van der Waals surface area contributed by atoms with E-state index in [1.165, 1.54) is 11.1 Å². The Morgan fingerprint density at radius 1 is 0.705 bits per heavy atom. The van der Waals surface area contributed by atoms with Gasteiger partial charge in [0.15, 0.2) is 0 Å². The van der Waals surface area contributed by atoms with Gasteiger partial charge < -0.3 is 30.0 Å². The van der Waals surface area contributed by atoms with Gasteiger partial charge in [-0.2, -0.15) is 0 Å². The molecule has 0 fully saturated rings. The second kappa shape index (κ2) is 20.7. The fourth-order valence-electron chi connectivity index (χ4n) is 4.22. The van der Waals surface area contributed by atoms with E-state index in [-0.39, 0.29) is 27.6 Å². The number of carboxylic acids is 2. The number of carboxylic acid groups (broad SMARTS) is 2. The zero-order chi connectivity index (χ0) is 33.4. The number of hydrogen-bond acceptors (Lipinski definition) is 8. The fourth-order valence-corrected chi connectivity index (χ4v) is 4.22. The molecule has 0 saturated carbocycles. The van der Waals surface area contributed by atoms with E-state index in [9.17, 15) is 10.2 Å². The van der Waals surface area contributed by atoms with E-state index in [2.05, 4.69) is 89.6 Å². The van der Waals surface area contributed by atoms with Crippen LogP contribution in [0.5, 0.6) is 11.5 Å². The van der Waals surface area contributed by atoms with Crippen molar-refractivity contribution in [2.75, 3.05) is 13.1 Å². The minimum absolute atomic E-state index is 0. The molecular formula is C35H52CoN2O6. The number of aliphatic imine (C=N–C) groups is 2. The summed E-state index contributed by atoms with van der Waals surface area (Å²) in [4.78, 5) is 26.9. The van der Waals surface area contributed by atoms with Crippen LogP contribution in [0.25, 0.3) is 0 Å². The Morgan fingerprint density at radius 3 is 1.25 bits per heavy atom. The Morgan fingerprint density at radius 2 is 1.00 bits per heavy atom. The van der Waals surface area contributed by atoms with Crippen LogP contribution in [0.3, 0.4) is 0 Å². The molecule has 0 saturated heterocycles. The molecule has 2 N–H and O–H groups in total. The molecule has 0 spiro atoms. The maximum atomic E-state index is 10.8. The first kappa shape index (κ1) is 43.0. The van der Waals surface area contributed by atoms with E-state index in [0.717, 1.165) is 68.2 Å². The van der Waals surface area contributed by atoms with Crippen LogP contribution in [0.4, 0.5) is 0 Å². The summed E-state index contributed by atoms with van der Waals surface area (Å²) in [5.74, 6) is -1.51. The number of rotatable bonds is 10. The van der Waals surface area contributed by atoms with Gasteiger partial charge in [0.1, 0.15) is 11.5 Å². The molecule has 9 heteroatoms. The maximum Gasteiger partial charge on any atom is 2.00 e. The van der Waals surface area contributed by atoms with E-state index < -0.39 is 11.9 Å². The van der Waals surface area contributed by atoms with Gasteiger partial charge in [-0.3, -0.25) is 9.98 Å². The smallest absolute Gasteiger partial charge is 0.550 e. The molecule has 0 unspecified atom stereocenters. The van der Waals surface area contributed by atoms with E-state index in [1.807, 2.05) is 0 Å². The Bertz CT molecular complexity index is 1140. The number of aliphatic carboxylic acids is 2. The minimum atomic E-state index is -1.08. The van der Waals surface area contributed by atoms with Gasteiger partial charge in [0.25, 0.3) is 0 Å². The normalized spacial score (nSPS) is 11.3. The summed E-state index contributed by atoms with van der Waals surface area (Å²) in [6.45, 7) is 20.3. The van der Waals surface area contributed by atoms with Crippen LogP contribution in [-0.4, -0.2) is 47.7 Å². The molecule has 0 amide bonds. The number of phenols is 2. The molecule has 1 radical (unpaired) electrons. The van der Waals surface area contributed by atoms with Gasteiger partial charge >= 0.3 is 16.8 Å². The molecule has 0 heterocycles. The predicted octanol–water partition coefficient (Wildman–Crippen LogP) is 5.04. The Kier molecular flexibility index (Phi) is 20.2. The summed E-state index contributed by atoms with van der Waals surface area (Å²) in [6.07, 6.45) is 8.50. The van der Waals surface area contributed by atoms with Crippen LogP contribution >= 0.6 is 0 Å².